The number of nitrogens with two attached hydrogens (primary N) is 1. The molecule has 1 amide bonds. The van der Waals surface area contributed by atoms with Gasteiger partial charge in [0.2, 0.25) is 0 Å². The van der Waals surface area contributed by atoms with Crippen molar-refractivity contribution in [3.63, 3.8) is 0 Å². The molecule has 0 aliphatic heterocycles. The fourth-order valence-electron chi connectivity index (χ4n) is 2.50. The third kappa shape index (κ3) is 2.79. The van der Waals surface area contributed by atoms with Crippen LogP contribution in [0.1, 0.15) is 43.0 Å². The van der Waals surface area contributed by atoms with E-state index in [4.69, 9.17) is 5.84 Å². The molecule has 4 N–H and O–H groups in total. The van der Waals surface area contributed by atoms with Crippen LogP contribution in [0.25, 0.3) is 0 Å². The third-order valence-electron chi connectivity index (χ3n) is 3.68. The summed E-state index contributed by atoms with van der Waals surface area (Å²) in [5.74, 6) is 5.63. The van der Waals surface area contributed by atoms with Crippen LogP contribution in [-0.2, 0) is 0 Å². The van der Waals surface area contributed by atoms with Crippen LogP contribution in [0, 0.1) is 5.41 Å². The van der Waals surface area contributed by atoms with Crippen molar-refractivity contribution in [2.24, 2.45) is 11.3 Å². The van der Waals surface area contributed by atoms with Gasteiger partial charge >= 0.3 is 0 Å². The molecular formula is C13H20N4O. The Morgan fingerprint density at radius 1 is 1.50 bits per heavy atom. The Balaban J connectivity index is 1.99. The van der Waals surface area contributed by atoms with Gasteiger partial charge in [0.05, 0.1) is 5.56 Å². The number of anilines is 1. The minimum atomic E-state index is -0.121. The zero-order valence-corrected chi connectivity index (χ0v) is 10.7. The Morgan fingerprint density at radius 3 is 2.89 bits per heavy atom. The topological polar surface area (TPSA) is 80.0 Å². The summed E-state index contributed by atoms with van der Waals surface area (Å²) in [5, 5.41) is 2.98. The normalized spacial score (nSPS) is 17.4. The summed E-state index contributed by atoms with van der Waals surface area (Å²) in [7, 11) is 0. The fourth-order valence-corrected chi connectivity index (χ4v) is 2.50. The minimum absolute atomic E-state index is 0.121. The van der Waals surface area contributed by atoms with Gasteiger partial charge in [-0.25, -0.2) is 10.8 Å². The van der Waals surface area contributed by atoms with Crippen LogP contribution in [-0.4, -0.2) is 17.4 Å². The van der Waals surface area contributed by atoms with Gasteiger partial charge in [0.1, 0.15) is 0 Å². The maximum Gasteiger partial charge on any atom is 0.255 e. The second-order valence-electron chi connectivity index (χ2n) is 5.24. The molecule has 2 rings (SSSR count). The Morgan fingerprint density at radius 2 is 2.22 bits per heavy atom. The molecule has 0 saturated heterocycles. The average molecular weight is 248 g/mol. The van der Waals surface area contributed by atoms with Gasteiger partial charge in [0.15, 0.2) is 5.82 Å². The number of aromatic nitrogens is 1. The molecule has 5 nitrogen and oxygen atoms in total. The molecule has 1 heterocycles. The standard InChI is InChI=1S/C13H20N4O/c1-13(6-2-3-7-13)9-16-12(18)10-5-4-8-15-11(10)17-14/h4-5,8H,2-3,6-7,9,14H2,1H3,(H,15,17)(H,16,18). The molecule has 0 spiro atoms. The van der Waals surface area contributed by atoms with Crippen molar-refractivity contribution < 1.29 is 4.79 Å². The quantitative estimate of drug-likeness (QED) is 0.559. The number of pyridine rings is 1. The minimum Gasteiger partial charge on any atom is -0.351 e. The number of rotatable bonds is 4. The Kier molecular flexibility index (Phi) is 3.81. The van der Waals surface area contributed by atoms with Crippen molar-refractivity contribution in [3.05, 3.63) is 23.9 Å². The lowest BCUT2D eigenvalue weighted by atomic mass is 9.89. The van der Waals surface area contributed by atoms with Gasteiger partial charge in [-0.1, -0.05) is 19.8 Å². The van der Waals surface area contributed by atoms with Crippen molar-refractivity contribution >= 4 is 11.7 Å². The first-order chi connectivity index (χ1) is 8.64. The van der Waals surface area contributed by atoms with Gasteiger partial charge in [-0.15, -0.1) is 0 Å². The van der Waals surface area contributed by atoms with E-state index in [0.29, 0.717) is 17.9 Å². The second kappa shape index (κ2) is 5.35. The van der Waals surface area contributed by atoms with E-state index in [-0.39, 0.29) is 11.3 Å². The molecule has 5 heteroatoms. The first-order valence-electron chi connectivity index (χ1n) is 6.34. The summed E-state index contributed by atoms with van der Waals surface area (Å²) in [6.45, 7) is 2.94. The highest BCUT2D eigenvalue weighted by atomic mass is 16.1. The van der Waals surface area contributed by atoms with E-state index in [9.17, 15) is 4.79 Å². The first kappa shape index (κ1) is 12.8. The lowest BCUT2D eigenvalue weighted by molar-refractivity contribution is 0.0935. The molecule has 1 fully saturated rings. The van der Waals surface area contributed by atoms with Crippen LogP contribution in [0.2, 0.25) is 0 Å². The van der Waals surface area contributed by atoms with E-state index in [1.165, 1.54) is 25.7 Å². The fraction of sp³-hybridized carbons (Fsp3) is 0.538. The zero-order chi connectivity index (χ0) is 13.0. The molecule has 0 aromatic carbocycles. The van der Waals surface area contributed by atoms with E-state index < -0.39 is 0 Å². The molecule has 1 aliphatic carbocycles. The molecule has 18 heavy (non-hydrogen) atoms. The monoisotopic (exact) mass is 248 g/mol. The Hall–Kier alpha value is -1.62. The number of nitrogen functional groups attached to an aromatic ring is 1. The van der Waals surface area contributed by atoms with Gasteiger partial charge in [0.25, 0.3) is 5.91 Å². The lowest BCUT2D eigenvalue weighted by Gasteiger charge is -2.23. The lowest BCUT2D eigenvalue weighted by Crippen LogP contribution is -2.34. The number of nitrogens with zero attached hydrogens (tertiary/aromatic N) is 1. The molecule has 0 radical (unpaired) electrons. The van der Waals surface area contributed by atoms with E-state index in [0.717, 1.165) is 0 Å². The van der Waals surface area contributed by atoms with Crippen molar-refractivity contribution in [2.45, 2.75) is 32.6 Å². The van der Waals surface area contributed by atoms with Crippen molar-refractivity contribution in [2.75, 3.05) is 12.0 Å². The summed E-state index contributed by atoms with van der Waals surface area (Å²) in [4.78, 5) is 16.1. The van der Waals surface area contributed by atoms with E-state index in [1.807, 2.05) is 0 Å². The predicted octanol–water partition coefficient (Wildman–Crippen LogP) is 1.68. The molecule has 0 bridgehead atoms. The average Bonchev–Trinajstić information content (AvgIpc) is 2.83. The molecule has 1 saturated carbocycles. The molecule has 0 unspecified atom stereocenters. The number of nitrogens with one attached hydrogen (secondary N) is 2. The zero-order valence-electron chi connectivity index (χ0n) is 10.7. The van der Waals surface area contributed by atoms with E-state index in [1.54, 1.807) is 18.3 Å². The number of carbonyl (C=O) groups excluding carboxylic acids is 1. The summed E-state index contributed by atoms with van der Waals surface area (Å²) < 4.78 is 0. The highest BCUT2D eigenvalue weighted by Crippen LogP contribution is 2.36. The maximum atomic E-state index is 12.1. The van der Waals surface area contributed by atoms with Gasteiger partial charge in [-0.2, -0.15) is 0 Å². The van der Waals surface area contributed by atoms with Gasteiger partial charge in [0, 0.05) is 12.7 Å². The van der Waals surface area contributed by atoms with Crippen LogP contribution in [0.15, 0.2) is 18.3 Å². The second-order valence-corrected chi connectivity index (χ2v) is 5.24. The molecular weight excluding hydrogens is 228 g/mol. The molecule has 1 aromatic heterocycles. The van der Waals surface area contributed by atoms with Crippen LogP contribution in [0.5, 0.6) is 0 Å². The summed E-state index contributed by atoms with van der Waals surface area (Å²) in [6.07, 6.45) is 6.48. The largest absolute Gasteiger partial charge is 0.351 e. The predicted molar refractivity (Wildman–Crippen MR) is 71.0 cm³/mol. The van der Waals surface area contributed by atoms with Crippen molar-refractivity contribution in [1.29, 1.82) is 0 Å². The highest BCUT2D eigenvalue weighted by molar-refractivity contribution is 5.98. The number of hydrogen-bond acceptors (Lipinski definition) is 4. The van der Waals surface area contributed by atoms with Gasteiger partial charge in [-0.05, 0) is 30.4 Å². The van der Waals surface area contributed by atoms with Crippen molar-refractivity contribution in [1.82, 2.24) is 10.3 Å². The summed E-state index contributed by atoms with van der Waals surface area (Å²) in [5.41, 5.74) is 3.17. The van der Waals surface area contributed by atoms with Crippen LogP contribution < -0.4 is 16.6 Å². The van der Waals surface area contributed by atoms with Gasteiger partial charge in [-0.3, -0.25) is 4.79 Å². The number of carbonyl (C=O) groups is 1. The van der Waals surface area contributed by atoms with Crippen molar-refractivity contribution in [3.8, 4) is 0 Å². The molecule has 98 valence electrons. The molecule has 1 aliphatic rings. The summed E-state index contributed by atoms with van der Waals surface area (Å²) in [6, 6.07) is 3.45. The Bertz CT molecular complexity index is 427. The number of hydrogen-bond donors (Lipinski definition) is 3. The third-order valence-corrected chi connectivity index (χ3v) is 3.68. The SMILES string of the molecule is CC1(CNC(=O)c2cccnc2NN)CCCC1. The maximum absolute atomic E-state index is 12.1. The summed E-state index contributed by atoms with van der Waals surface area (Å²) >= 11 is 0. The van der Waals surface area contributed by atoms with Crippen LogP contribution >= 0.6 is 0 Å². The van der Waals surface area contributed by atoms with E-state index in [2.05, 4.69) is 22.7 Å². The first-order valence-corrected chi connectivity index (χ1v) is 6.34. The van der Waals surface area contributed by atoms with Gasteiger partial charge < -0.3 is 10.7 Å². The smallest absolute Gasteiger partial charge is 0.255 e. The van der Waals surface area contributed by atoms with Crippen LogP contribution in [0.4, 0.5) is 5.82 Å². The number of amides is 1. The number of hydrazine groups is 1. The molecule has 0 atom stereocenters. The highest BCUT2D eigenvalue weighted by Gasteiger charge is 2.29. The molecule has 1 aromatic rings. The van der Waals surface area contributed by atoms with Crippen LogP contribution in [0.3, 0.4) is 0 Å². The van der Waals surface area contributed by atoms with E-state index >= 15 is 0 Å². The Labute approximate surface area is 107 Å².